The molecule has 6 heteroatoms. The maximum atomic E-state index is 12.3. The number of hydrogen-bond donors (Lipinski definition) is 3. The Bertz CT molecular complexity index is 795. The number of benzene rings is 1. The molecule has 134 valence electrons. The number of nitrogens with zero attached hydrogens (tertiary/aromatic N) is 1. The molecule has 25 heavy (non-hydrogen) atoms. The molecule has 2 aliphatic carbocycles. The lowest BCUT2D eigenvalue weighted by atomic mass is 9.93. The maximum Gasteiger partial charge on any atom is 0.258 e. The molecule has 0 saturated heterocycles. The van der Waals surface area contributed by atoms with E-state index in [0.29, 0.717) is 22.4 Å². The third kappa shape index (κ3) is 4.01. The molecule has 2 fully saturated rings. The van der Waals surface area contributed by atoms with Gasteiger partial charge in [0.05, 0.1) is 22.8 Å². The lowest BCUT2D eigenvalue weighted by Crippen LogP contribution is -2.26. The topological polar surface area (TPSA) is 78.0 Å². The van der Waals surface area contributed by atoms with Gasteiger partial charge < -0.3 is 15.4 Å². The van der Waals surface area contributed by atoms with E-state index in [1.807, 2.05) is 30.0 Å². The van der Waals surface area contributed by atoms with Crippen LogP contribution in [-0.4, -0.2) is 32.5 Å². The first-order chi connectivity index (χ1) is 12.2. The fourth-order valence-corrected chi connectivity index (χ4v) is 4.68. The zero-order valence-corrected chi connectivity index (χ0v) is 15.1. The first kappa shape index (κ1) is 16.9. The van der Waals surface area contributed by atoms with Gasteiger partial charge >= 0.3 is 0 Å². The van der Waals surface area contributed by atoms with E-state index in [2.05, 4.69) is 15.3 Å². The quantitative estimate of drug-likeness (QED) is 0.762. The van der Waals surface area contributed by atoms with Gasteiger partial charge in [0.1, 0.15) is 5.82 Å². The molecule has 4 rings (SSSR count). The van der Waals surface area contributed by atoms with Crippen molar-refractivity contribution in [3.63, 3.8) is 0 Å². The Hall–Kier alpha value is -1.53. The zero-order chi connectivity index (χ0) is 17.2. The van der Waals surface area contributed by atoms with E-state index < -0.39 is 0 Å². The van der Waals surface area contributed by atoms with Crippen LogP contribution >= 0.6 is 11.8 Å². The number of aromatic amines is 1. The van der Waals surface area contributed by atoms with E-state index in [-0.39, 0.29) is 11.7 Å². The summed E-state index contributed by atoms with van der Waals surface area (Å²) in [5.41, 5.74) is 1.76. The summed E-state index contributed by atoms with van der Waals surface area (Å²) in [5, 5.41) is 14.3. The van der Waals surface area contributed by atoms with Gasteiger partial charge in [-0.25, -0.2) is 4.98 Å². The molecular weight excluding hydrogens is 334 g/mol. The highest BCUT2D eigenvalue weighted by atomic mass is 32.2. The van der Waals surface area contributed by atoms with Crippen molar-refractivity contribution in [2.45, 2.75) is 68.1 Å². The molecule has 2 saturated carbocycles. The molecule has 0 amide bonds. The summed E-state index contributed by atoms with van der Waals surface area (Å²) in [5.74, 6) is 1.46. The molecule has 0 unspecified atom stereocenters. The molecule has 0 aliphatic heterocycles. The van der Waals surface area contributed by atoms with Crippen LogP contribution in [0.2, 0.25) is 0 Å². The Labute approximate surface area is 151 Å². The molecule has 1 aromatic heterocycles. The minimum Gasteiger partial charge on any atom is -0.393 e. The second-order valence-corrected chi connectivity index (χ2v) is 8.55. The van der Waals surface area contributed by atoms with E-state index in [1.165, 1.54) is 19.3 Å². The molecule has 3 N–H and O–H groups in total. The van der Waals surface area contributed by atoms with Gasteiger partial charge in [-0.1, -0.05) is 0 Å². The van der Waals surface area contributed by atoms with Gasteiger partial charge in [0.2, 0.25) is 0 Å². The molecule has 0 atom stereocenters. The Kier molecular flexibility index (Phi) is 4.99. The molecule has 2 aliphatic rings. The number of fused-ring (bicyclic) bond motifs is 1. The fraction of sp³-hybridized carbons (Fsp3) is 0.579. The van der Waals surface area contributed by atoms with Gasteiger partial charge in [0.15, 0.2) is 0 Å². The first-order valence-corrected chi connectivity index (χ1v) is 10.3. The lowest BCUT2D eigenvalue weighted by Gasteiger charge is -2.27. The predicted molar refractivity (Wildman–Crippen MR) is 103 cm³/mol. The molecule has 0 radical (unpaired) electrons. The summed E-state index contributed by atoms with van der Waals surface area (Å²) in [6, 6.07) is 6.39. The van der Waals surface area contributed by atoms with Crippen molar-refractivity contribution in [2.75, 3.05) is 5.32 Å². The smallest absolute Gasteiger partial charge is 0.258 e. The summed E-state index contributed by atoms with van der Waals surface area (Å²) < 4.78 is 0. The number of aliphatic hydroxyl groups is 1. The summed E-state index contributed by atoms with van der Waals surface area (Å²) in [4.78, 5) is 19.9. The minimum atomic E-state index is -0.128. The van der Waals surface area contributed by atoms with Crippen molar-refractivity contribution in [1.82, 2.24) is 9.97 Å². The summed E-state index contributed by atoms with van der Waals surface area (Å²) in [7, 11) is 0. The van der Waals surface area contributed by atoms with Crippen LogP contribution in [0.5, 0.6) is 0 Å². The summed E-state index contributed by atoms with van der Waals surface area (Å²) in [6.45, 7) is 0. The van der Waals surface area contributed by atoms with Crippen molar-refractivity contribution < 1.29 is 5.11 Å². The van der Waals surface area contributed by atoms with E-state index >= 15 is 0 Å². The van der Waals surface area contributed by atoms with Crippen LogP contribution in [0.15, 0.2) is 23.0 Å². The number of thioether (sulfide) groups is 1. The number of aromatic nitrogens is 2. The van der Waals surface area contributed by atoms with Crippen LogP contribution in [0.1, 0.15) is 50.8 Å². The third-order valence-corrected chi connectivity index (χ3v) is 6.71. The second-order valence-electron chi connectivity index (χ2n) is 7.26. The largest absolute Gasteiger partial charge is 0.393 e. The molecule has 0 spiro atoms. The fourth-order valence-electron chi connectivity index (χ4n) is 3.54. The third-order valence-electron chi connectivity index (χ3n) is 5.33. The Morgan fingerprint density at radius 2 is 2.00 bits per heavy atom. The van der Waals surface area contributed by atoms with Crippen LogP contribution in [0.3, 0.4) is 0 Å². The van der Waals surface area contributed by atoms with Crippen molar-refractivity contribution in [1.29, 1.82) is 0 Å². The molecule has 5 nitrogen and oxygen atoms in total. The van der Waals surface area contributed by atoms with E-state index in [4.69, 9.17) is 0 Å². The number of hydrogen-bond acceptors (Lipinski definition) is 5. The van der Waals surface area contributed by atoms with Crippen LogP contribution < -0.4 is 10.9 Å². The van der Waals surface area contributed by atoms with Crippen LogP contribution in [0, 0.1) is 0 Å². The summed E-state index contributed by atoms with van der Waals surface area (Å²) in [6.07, 6.45) is 7.46. The molecule has 1 aromatic carbocycles. The van der Waals surface area contributed by atoms with Crippen molar-refractivity contribution in [2.24, 2.45) is 0 Å². The Balaban J connectivity index is 1.47. The minimum absolute atomic E-state index is 0.0603. The van der Waals surface area contributed by atoms with Crippen molar-refractivity contribution >= 4 is 28.4 Å². The van der Waals surface area contributed by atoms with Gasteiger partial charge in [-0.15, -0.1) is 0 Å². The highest BCUT2D eigenvalue weighted by Gasteiger charge is 2.20. The number of anilines is 1. The molecule has 0 bridgehead atoms. The highest BCUT2D eigenvalue weighted by molar-refractivity contribution is 7.99. The SMILES string of the molecule is O=c1[nH]c(CS[C@H]2CC[C@H](O)CC2)nc2cc(NC3CCC3)ccc12. The molecule has 2 aromatic rings. The van der Waals surface area contributed by atoms with Crippen LogP contribution in [0.25, 0.3) is 10.9 Å². The molecule has 1 heterocycles. The van der Waals surface area contributed by atoms with E-state index in [1.54, 1.807) is 0 Å². The maximum absolute atomic E-state index is 12.3. The van der Waals surface area contributed by atoms with E-state index in [9.17, 15) is 9.90 Å². The first-order valence-electron chi connectivity index (χ1n) is 9.26. The normalized spacial score (nSPS) is 24.2. The van der Waals surface area contributed by atoms with Gasteiger partial charge in [-0.3, -0.25) is 4.79 Å². The zero-order valence-electron chi connectivity index (χ0n) is 14.3. The predicted octanol–water partition coefficient (Wildman–Crippen LogP) is 3.42. The standard InChI is InChI=1S/C19H25N3O2S/c23-14-5-7-15(8-6-14)25-11-18-21-17-10-13(20-12-2-1-3-12)4-9-16(17)19(24)22-18/h4,9-10,12,14-15,20,23H,1-3,5-8,11H2,(H,21,22,24)/t14-,15-. The monoisotopic (exact) mass is 359 g/mol. The molecular formula is C19H25N3O2S. The van der Waals surface area contributed by atoms with Gasteiger partial charge in [-0.05, 0) is 63.1 Å². The van der Waals surface area contributed by atoms with Gasteiger partial charge in [0.25, 0.3) is 5.56 Å². The van der Waals surface area contributed by atoms with Gasteiger partial charge in [-0.2, -0.15) is 11.8 Å². The number of aliphatic hydroxyl groups excluding tert-OH is 1. The number of nitrogens with one attached hydrogen (secondary N) is 2. The van der Waals surface area contributed by atoms with Crippen molar-refractivity contribution in [3.8, 4) is 0 Å². The Morgan fingerprint density at radius 1 is 1.20 bits per heavy atom. The van der Waals surface area contributed by atoms with Gasteiger partial charge in [0, 0.05) is 17.0 Å². The van der Waals surface area contributed by atoms with Crippen molar-refractivity contribution in [3.05, 3.63) is 34.4 Å². The van der Waals surface area contributed by atoms with Crippen LogP contribution in [0.4, 0.5) is 5.69 Å². The Morgan fingerprint density at radius 3 is 2.72 bits per heavy atom. The number of rotatable bonds is 5. The highest BCUT2D eigenvalue weighted by Crippen LogP contribution is 2.30. The van der Waals surface area contributed by atoms with Crippen LogP contribution in [-0.2, 0) is 5.75 Å². The summed E-state index contributed by atoms with van der Waals surface area (Å²) >= 11 is 1.84. The number of H-pyrrole nitrogens is 1. The second kappa shape index (κ2) is 7.38. The average molecular weight is 359 g/mol. The average Bonchev–Trinajstić information content (AvgIpc) is 2.57. The lowest BCUT2D eigenvalue weighted by molar-refractivity contribution is 0.132. The van der Waals surface area contributed by atoms with E-state index in [0.717, 1.165) is 42.7 Å².